The highest BCUT2D eigenvalue weighted by atomic mass is 32.2. The number of thioether (sulfide) groups is 1. The predicted octanol–water partition coefficient (Wildman–Crippen LogP) is 23.9. The maximum atomic E-state index is 12.0. The summed E-state index contributed by atoms with van der Waals surface area (Å²) in [5.41, 5.74) is 19.5. The van der Waals surface area contributed by atoms with E-state index in [1.165, 1.54) is 130 Å². The molecule has 0 heterocycles. The SMILES string of the molecule is Cc1ccc(SC(=O)c2ccccc2)cc1C.Cc1ccc([Si](C(C)C)(C(C)C)C(C)C)cc1C.Cc1ccc([Si](C)(C)C)cc1C.Cc1ccc([Si](C)(c2ccccc2)c2ccccc2)cc1C.Cc1ccc([Si](c2ccccc2)(c2ccccc2)C(C)(C)C)cc1C.Cc1ccc([Si](c2ccccc2)(c2ccccc2)c2ccccc2)cc1C. The van der Waals surface area contributed by atoms with E-state index in [1.807, 2.05) is 36.4 Å². The van der Waals surface area contributed by atoms with Gasteiger partial charge in [-0.25, -0.2) is 0 Å². The summed E-state index contributed by atoms with van der Waals surface area (Å²) in [4.78, 5) is 13.0. The molecule has 0 spiro atoms. The Balaban J connectivity index is 0.000000168. The third-order valence-electron chi connectivity index (χ3n) is 25.8. The minimum Gasteiger partial charge on any atom is -0.281 e. The molecule has 14 aromatic carbocycles. The third-order valence-corrected chi connectivity index (χ3v) is 50.8. The molecule has 0 saturated carbocycles. The van der Waals surface area contributed by atoms with E-state index in [9.17, 15) is 4.79 Å². The molecule has 0 radical (unpaired) electrons. The van der Waals surface area contributed by atoms with Gasteiger partial charge in [0.05, 0.1) is 16.1 Å². The van der Waals surface area contributed by atoms with Crippen molar-refractivity contribution in [2.24, 2.45) is 0 Å². The van der Waals surface area contributed by atoms with Gasteiger partial charge in [-0.15, -0.1) is 0 Å². The second kappa shape index (κ2) is 42.8. The molecule has 1 nitrogen and oxygen atoms in total. The van der Waals surface area contributed by atoms with Crippen LogP contribution in [0.15, 0.2) is 357 Å². The van der Waals surface area contributed by atoms with Crippen LogP contribution in [0, 0.1) is 83.1 Å². The first kappa shape index (κ1) is 95.0. The van der Waals surface area contributed by atoms with Crippen molar-refractivity contribution in [1.82, 2.24) is 0 Å². The number of carbonyl (C=O) groups is 1. The topological polar surface area (TPSA) is 17.1 Å². The van der Waals surface area contributed by atoms with E-state index < -0.39 is 40.4 Å². The number of carbonyl (C=O) groups excluding carboxylic acids is 1. The van der Waals surface area contributed by atoms with Crippen LogP contribution in [0.5, 0.6) is 0 Å². The van der Waals surface area contributed by atoms with Crippen molar-refractivity contribution < 1.29 is 4.79 Å². The Morgan fingerprint density at radius 1 is 0.248 bits per heavy atom. The maximum Gasteiger partial charge on any atom is 0.224 e. The molecule has 0 amide bonds. The zero-order chi connectivity index (χ0) is 88.0. The van der Waals surface area contributed by atoms with Gasteiger partial charge in [0.1, 0.15) is 8.07 Å². The molecule has 0 bridgehead atoms. The second-order valence-electron chi connectivity index (χ2n) is 36.6. The average Bonchev–Trinajstić information content (AvgIpc) is 0.728. The fourth-order valence-corrected chi connectivity index (χ4v) is 41.2. The zero-order valence-corrected chi connectivity index (χ0v) is 83.4. The van der Waals surface area contributed by atoms with Crippen LogP contribution in [0.2, 0.25) is 47.8 Å². The van der Waals surface area contributed by atoms with Gasteiger partial charge in [0.15, 0.2) is 16.1 Å². The average molecular weight is 1690 g/mol. The molecule has 0 aromatic heterocycles. The fraction of sp³-hybridized carbons (Fsp3) is 0.254. The Hall–Kier alpha value is -9.82. The van der Waals surface area contributed by atoms with Crippen LogP contribution in [-0.2, 0) is 0 Å². The minimum absolute atomic E-state index is 0.0915. The molecule has 0 aliphatic carbocycles. The Morgan fingerprint density at radius 3 is 0.810 bits per heavy atom. The Kier molecular flexibility index (Phi) is 33.6. The largest absolute Gasteiger partial charge is 0.281 e. The van der Waals surface area contributed by atoms with Gasteiger partial charge in [-0.3, -0.25) is 4.79 Å². The van der Waals surface area contributed by atoms with Gasteiger partial charge in [-0.1, -0.05) is 439 Å². The summed E-state index contributed by atoms with van der Waals surface area (Å²) in [6, 6.07) is 128. The summed E-state index contributed by atoms with van der Waals surface area (Å²) in [6.07, 6.45) is 0. The van der Waals surface area contributed by atoms with E-state index >= 15 is 0 Å². The lowest BCUT2D eigenvalue weighted by Gasteiger charge is -2.44. The highest BCUT2D eigenvalue weighted by molar-refractivity contribution is 8.14. The van der Waals surface area contributed by atoms with Gasteiger partial charge < -0.3 is 0 Å². The molecule has 14 rings (SSSR count). The molecular formula is C114H136OSSi5. The molecule has 0 N–H and O–H groups in total. The Morgan fingerprint density at radius 2 is 0.496 bits per heavy atom. The van der Waals surface area contributed by atoms with Gasteiger partial charge in [0.25, 0.3) is 0 Å². The molecule has 7 heteroatoms. The van der Waals surface area contributed by atoms with Gasteiger partial charge in [0.2, 0.25) is 5.12 Å². The summed E-state index contributed by atoms with van der Waals surface area (Å²) in [6.45, 7) is 57.6. The molecule has 0 aliphatic heterocycles. The van der Waals surface area contributed by atoms with Gasteiger partial charge in [-0.2, -0.15) is 0 Å². The second-order valence-corrected chi connectivity index (χ2v) is 61.1. The molecule has 0 fully saturated rings. The van der Waals surface area contributed by atoms with Crippen LogP contribution in [0.1, 0.15) is 139 Å². The van der Waals surface area contributed by atoms with Crippen LogP contribution in [0.25, 0.3) is 0 Å². The summed E-state index contributed by atoms with van der Waals surface area (Å²) >= 11 is 1.28. The molecule has 624 valence electrons. The van der Waals surface area contributed by atoms with Crippen LogP contribution >= 0.6 is 11.8 Å². The zero-order valence-electron chi connectivity index (χ0n) is 77.5. The lowest BCUT2D eigenvalue weighted by Crippen LogP contribution is -2.74. The summed E-state index contributed by atoms with van der Waals surface area (Å²) < 4.78 is 0. The highest BCUT2D eigenvalue weighted by Crippen LogP contribution is 2.42. The summed E-state index contributed by atoms with van der Waals surface area (Å²) in [5.74, 6) is 0. The van der Waals surface area contributed by atoms with E-state index in [4.69, 9.17) is 0 Å². The number of hydrogen-bond donors (Lipinski definition) is 0. The van der Waals surface area contributed by atoms with Crippen molar-refractivity contribution in [3.05, 3.63) is 424 Å². The first-order valence-electron chi connectivity index (χ1n) is 43.7. The van der Waals surface area contributed by atoms with Gasteiger partial charge in [0, 0.05) is 10.5 Å². The van der Waals surface area contributed by atoms with E-state index in [2.05, 4.69) is 487 Å². The lowest BCUT2D eigenvalue weighted by molar-refractivity contribution is 0.108. The van der Waals surface area contributed by atoms with Crippen LogP contribution < -0.4 is 62.2 Å². The molecule has 0 aliphatic rings. The van der Waals surface area contributed by atoms with Crippen molar-refractivity contribution in [1.29, 1.82) is 0 Å². The smallest absolute Gasteiger partial charge is 0.224 e. The van der Waals surface area contributed by atoms with Crippen LogP contribution in [0.3, 0.4) is 0 Å². The van der Waals surface area contributed by atoms with E-state index in [1.54, 1.807) is 10.4 Å². The number of benzene rings is 14. The van der Waals surface area contributed by atoms with E-state index in [0.29, 0.717) is 0 Å². The molecule has 121 heavy (non-hydrogen) atoms. The summed E-state index contributed by atoms with van der Waals surface area (Å²) in [5, 5.41) is 18.0. The van der Waals surface area contributed by atoms with Crippen molar-refractivity contribution in [3.8, 4) is 0 Å². The van der Waals surface area contributed by atoms with Gasteiger partial charge in [-0.05, 0) is 247 Å². The highest BCUT2D eigenvalue weighted by Gasteiger charge is 2.50. The Bertz CT molecular complexity index is 5400. The molecule has 0 unspecified atom stereocenters. The van der Waals surface area contributed by atoms with Crippen molar-refractivity contribution in [2.45, 2.75) is 198 Å². The normalized spacial score (nSPS) is 11.6. The van der Waals surface area contributed by atoms with E-state index in [0.717, 1.165) is 27.1 Å². The summed E-state index contributed by atoms with van der Waals surface area (Å²) in [7, 11) is -9.01. The fourth-order valence-electron chi connectivity index (χ4n) is 18.0. The van der Waals surface area contributed by atoms with Crippen LogP contribution in [0.4, 0.5) is 0 Å². The maximum absolute atomic E-state index is 12.0. The van der Waals surface area contributed by atoms with Crippen molar-refractivity contribution in [2.75, 3.05) is 0 Å². The first-order chi connectivity index (χ1) is 57.5. The van der Waals surface area contributed by atoms with Crippen molar-refractivity contribution >= 4 is 119 Å². The Labute approximate surface area is 740 Å². The molecule has 14 aromatic rings. The lowest BCUT2D eigenvalue weighted by atomic mass is 10.1. The minimum atomic E-state index is -2.35. The quantitative estimate of drug-likeness (QED) is 0.0513. The monoisotopic (exact) mass is 1690 g/mol. The molecule has 0 saturated heterocycles. The van der Waals surface area contributed by atoms with Crippen LogP contribution in [-0.4, -0.2) is 45.5 Å². The van der Waals surface area contributed by atoms with Crippen molar-refractivity contribution in [3.63, 3.8) is 0 Å². The number of hydrogen-bond acceptors (Lipinski definition) is 2. The number of rotatable bonds is 17. The van der Waals surface area contributed by atoms with Gasteiger partial charge >= 0.3 is 0 Å². The first-order valence-corrected chi connectivity index (χ1v) is 56.7. The number of aryl methyl sites for hydroxylation is 12. The third kappa shape index (κ3) is 22.5. The predicted molar refractivity (Wildman–Crippen MR) is 550 cm³/mol. The van der Waals surface area contributed by atoms with E-state index in [-0.39, 0.29) is 10.2 Å². The molecule has 0 atom stereocenters. The molecular weight excluding hydrogens is 1560 g/mol. The standard InChI is InChI=1S/C26H24Si.C24H28Si.C21H22Si.C17H30Si.C15H14OS.C11H18Si/c1-21-18-19-26(20-22(21)2)27(23-12-6-3-7-13-23,24-14-8-4-9-15-24)25-16-10-5-11-17-25;1-19-16-17-23(18-20(19)2)25(24(3,4)5,21-12-8-6-9-13-21)22-14-10-7-11-15-22;1-17-14-15-21(16-18(17)2)22(3,19-10-6-4-7-11-19)20-12-8-5-9-13-20;1-12(2)18(13(3)4,14(5)6)17-10-9-15(7)16(8)11-17;1-11-8-9-14(10-12(11)2)17-15(16)13-6-4-3-5-7-13;1-9-6-7-11(8-10(9)2)12(3,4)5/h3-20H,1-2H3;6-18H,1-5H3;4-16H,1-3H3;9-14H,1-8H3;3-10H,1-2H3;6-8H,1-5H3.